The molecule has 1 fully saturated rings. The molecule has 2 aromatic carbocycles. The molecule has 0 spiro atoms. The molecule has 2 aliphatic carbocycles. The van der Waals surface area contributed by atoms with Gasteiger partial charge in [-0.2, -0.15) is 0 Å². The van der Waals surface area contributed by atoms with E-state index in [4.69, 9.17) is 0 Å². The van der Waals surface area contributed by atoms with Crippen LogP contribution in [-0.4, -0.2) is 0 Å². The average Bonchev–Trinajstić information content (AvgIpc) is 2.80. The van der Waals surface area contributed by atoms with Crippen molar-refractivity contribution >= 4 is 6.08 Å². The second-order valence-corrected chi connectivity index (χ2v) is 9.38. The summed E-state index contributed by atoms with van der Waals surface area (Å²) in [6, 6.07) is 6.52. The number of hydrogen-bond donors (Lipinski definition) is 0. The fourth-order valence-electron chi connectivity index (χ4n) is 5.40. The highest BCUT2D eigenvalue weighted by Crippen LogP contribution is 2.38. The van der Waals surface area contributed by atoms with E-state index in [0.29, 0.717) is 24.0 Å². The third-order valence-electron chi connectivity index (χ3n) is 7.59. The molecular weight excluding hydrogens is 393 g/mol. The maximum Gasteiger partial charge on any atom is 0.167 e. The molecule has 0 atom stereocenters. The third kappa shape index (κ3) is 4.61. The van der Waals surface area contributed by atoms with Gasteiger partial charge in [-0.25, -0.2) is 13.2 Å². The maximum absolute atomic E-state index is 15.3. The summed E-state index contributed by atoms with van der Waals surface area (Å²) < 4.78 is 44.1. The summed E-state index contributed by atoms with van der Waals surface area (Å²) in [6.07, 6.45) is 13.1. The number of aryl methyl sites for hydroxylation is 1. The first-order valence-corrected chi connectivity index (χ1v) is 12.0. The van der Waals surface area contributed by atoms with Crippen LogP contribution in [0.2, 0.25) is 0 Å². The molecule has 3 heteroatoms. The fourth-order valence-corrected chi connectivity index (χ4v) is 5.40. The van der Waals surface area contributed by atoms with Gasteiger partial charge in [0.05, 0.1) is 0 Å². The van der Waals surface area contributed by atoms with Crippen LogP contribution in [0.4, 0.5) is 13.2 Å². The smallest absolute Gasteiger partial charge is 0.167 e. The van der Waals surface area contributed by atoms with E-state index >= 15 is 4.39 Å². The molecule has 166 valence electrons. The fraction of sp³-hybridized carbons (Fsp3) is 0.500. The molecular formula is C28H33F3. The van der Waals surface area contributed by atoms with Gasteiger partial charge in [-0.15, -0.1) is 0 Å². The van der Waals surface area contributed by atoms with Gasteiger partial charge in [0.25, 0.3) is 0 Å². The predicted molar refractivity (Wildman–Crippen MR) is 122 cm³/mol. The number of halogens is 3. The molecule has 0 saturated heterocycles. The van der Waals surface area contributed by atoms with E-state index in [1.165, 1.54) is 50.2 Å². The molecule has 2 aliphatic rings. The zero-order valence-electron chi connectivity index (χ0n) is 18.7. The summed E-state index contributed by atoms with van der Waals surface area (Å²) in [4.78, 5) is 0. The van der Waals surface area contributed by atoms with Crippen LogP contribution < -0.4 is 0 Å². The summed E-state index contributed by atoms with van der Waals surface area (Å²) in [5, 5.41) is 0. The molecule has 1 saturated carbocycles. The molecule has 0 aliphatic heterocycles. The van der Waals surface area contributed by atoms with Crippen molar-refractivity contribution in [2.24, 2.45) is 11.8 Å². The second-order valence-electron chi connectivity index (χ2n) is 9.38. The van der Waals surface area contributed by atoms with Crippen LogP contribution in [0.3, 0.4) is 0 Å². The Hall–Kier alpha value is -2.03. The van der Waals surface area contributed by atoms with Crippen molar-refractivity contribution < 1.29 is 13.2 Å². The highest BCUT2D eigenvalue weighted by atomic mass is 19.2. The largest absolute Gasteiger partial charge is 0.206 e. The molecule has 31 heavy (non-hydrogen) atoms. The van der Waals surface area contributed by atoms with E-state index in [1.807, 2.05) is 6.07 Å². The van der Waals surface area contributed by atoms with E-state index in [1.54, 1.807) is 19.1 Å². The Balaban J connectivity index is 1.50. The Bertz CT molecular complexity index is 965. The van der Waals surface area contributed by atoms with Gasteiger partial charge in [0.2, 0.25) is 0 Å². The minimum atomic E-state index is -0.956. The molecule has 0 bridgehead atoms. The van der Waals surface area contributed by atoms with Crippen LogP contribution in [0.5, 0.6) is 0 Å². The van der Waals surface area contributed by atoms with Gasteiger partial charge in [0.1, 0.15) is 5.82 Å². The van der Waals surface area contributed by atoms with Gasteiger partial charge in [-0.1, -0.05) is 81.9 Å². The van der Waals surface area contributed by atoms with E-state index in [-0.39, 0.29) is 11.1 Å². The van der Waals surface area contributed by atoms with Gasteiger partial charge in [0, 0.05) is 11.1 Å². The van der Waals surface area contributed by atoms with E-state index in [0.717, 1.165) is 30.2 Å². The molecule has 0 heterocycles. The quantitative estimate of drug-likeness (QED) is 0.433. The Kier molecular flexibility index (Phi) is 6.89. The third-order valence-corrected chi connectivity index (χ3v) is 7.59. The topological polar surface area (TPSA) is 0 Å². The SMILES string of the molecule is CCc1ccc(-c2ccc3c(c2F)CCC(CCC2CCC(CC)CC2)=C3)c(F)c1F. The van der Waals surface area contributed by atoms with Crippen LogP contribution in [0.25, 0.3) is 17.2 Å². The van der Waals surface area contributed by atoms with Crippen LogP contribution in [0, 0.1) is 29.3 Å². The Morgan fingerprint density at radius 1 is 0.774 bits per heavy atom. The lowest BCUT2D eigenvalue weighted by Crippen LogP contribution is -2.14. The molecule has 4 rings (SSSR count). The van der Waals surface area contributed by atoms with E-state index in [9.17, 15) is 8.78 Å². The number of fused-ring (bicyclic) bond motifs is 1. The molecule has 0 N–H and O–H groups in total. The summed E-state index contributed by atoms with van der Waals surface area (Å²) in [6.45, 7) is 4.07. The van der Waals surface area contributed by atoms with Crippen LogP contribution >= 0.6 is 0 Å². The van der Waals surface area contributed by atoms with Crippen molar-refractivity contribution in [3.63, 3.8) is 0 Å². The standard InChI is InChI=1S/C28H33F3/c1-3-18-5-7-19(8-6-18)9-10-20-11-14-23-22(17-20)13-16-24(27(23)30)25-15-12-21(4-2)26(29)28(25)31/h12-13,15-19H,3-11,14H2,1-2H3. The molecule has 0 nitrogen and oxygen atoms in total. The average molecular weight is 427 g/mol. The first-order valence-electron chi connectivity index (χ1n) is 12.0. The first kappa shape index (κ1) is 22.2. The number of hydrogen-bond acceptors (Lipinski definition) is 0. The van der Waals surface area contributed by atoms with Gasteiger partial charge >= 0.3 is 0 Å². The Morgan fingerprint density at radius 2 is 1.45 bits per heavy atom. The van der Waals surface area contributed by atoms with Crippen molar-refractivity contribution in [3.05, 3.63) is 64.0 Å². The number of benzene rings is 2. The molecule has 0 radical (unpaired) electrons. The molecule has 0 amide bonds. The van der Waals surface area contributed by atoms with Gasteiger partial charge in [0.15, 0.2) is 11.6 Å². The maximum atomic E-state index is 15.3. The lowest BCUT2D eigenvalue weighted by molar-refractivity contribution is 0.258. The first-order chi connectivity index (χ1) is 15.0. The highest BCUT2D eigenvalue weighted by molar-refractivity contribution is 5.71. The minimum absolute atomic E-state index is 0.00691. The van der Waals surface area contributed by atoms with Crippen molar-refractivity contribution in [2.75, 3.05) is 0 Å². The van der Waals surface area contributed by atoms with Gasteiger partial charge in [-0.05, 0) is 60.6 Å². The van der Waals surface area contributed by atoms with Crippen molar-refractivity contribution in [2.45, 2.75) is 78.1 Å². The lowest BCUT2D eigenvalue weighted by Gasteiger charge is -2.28. The molecule has 2 aromatic rings. The van der Waals surface area contributed by atoms with Crippen molar-refractivity contribution in [1.29, 1.82) is 0 Å². The summed E-state index contributed by atoms with van der Waals surface area (Å²) in [5.41, 5.74) is 3.39. The Morgan fingerprint density at radius 3 is 2.16 bits per heavy atom. The number of allylic oxidation sites excluding steroid dienone is 1. The number of rotatable bonds is 6. The Labute approximate surface area is 184 Å². The molecule has 0 unspecified atom stereocenters. The monoisotopic (exact) mass is 426 g/mol. The van der Waals surface area contributed by atoms with Crippen LogP contribution in [0.15, 0.2) is 29.8 Å². The normalized spacial score (nSPS) is 21.0. The summed E-state index contributed by atoms with van der Waals surface area (Å²) >= 11 is 0. The second kappa shape index (κ2) is 9.63. The van der Waals surface area contributed by atoms with E-state index < -0.39 is 17.5 Å². The van der Waals surface area contributed by atoms with Gasteiger partial charge in [-0.3, -0.25) is 0 Å². The van der Waals surface area contributed by atoms with E-state index in [2.05, 4.69) is 13.0 Å². The summed E-state index contributed by atoms with van der Waals surface area (Å²) in [5.74, 6) is -0.484. The summed E-state index contributed by atoms with van der Waals surface area (Å²) in [7, 11) is 0. The van der Waals surface area contributed by atoms with Crippen LogP contribution in [0.1, 0.15) is 81.9 Å². The predicted octanol–water partition coefficient (Wildman–Crippen LogP) is 8.66. The van der Waals surface area contributed by atoms with Crippen LogP contribution in [-0.2, 0) is 12.8 Å². The van der Waals surface area contributed by atoms with Gasteiger partial charge < -0.3 is 0 Å². The van der Waals surface area contributed by atoms with Crippen molar-refractivity contribution in [1.82, 2.24) is 0 Å². The van der Waals surface area contributed by atoms with Crippen molar-refractivity contribution in [3.8, 4) is 11.1 Å². The minimum Gasteiger partial charge on any atom is -0.206 e. The zero-order valence-corrected chi connectivity index (χ0v) is 18.7. The lowest BCUT2D eigenvalue weighted by atomic mass is 9.78. The highest BCUT2D eigenvalue weighted by Gasteiger charge is 2.23. The zero-order chi connectivity index (χ0) is 22.0. The molecule has 0 aromatic heterocycles.